The van der Waals surface area contributed by atoms with Crippen LogP contribution < -0.4 is 10.4 Å². The third kappa shape index (κ3) is 4.28. The smallest absolute Gasteiger partial charge is 0.344 e. The monoisotopic (exact) mass is 454 g/mol. The van der Waals surface area contributed by atoms with E-state index in [1.807, 2.05) is 31.2 Å². The Morgan fingerprint density at radius 1 is 1.00 bits per heavy atom. The molecule has 3 heterocycles. The van der Waals surface area contributed by atoms with Gasteiger partial charge in [0.25, 0.3) is 0 Å². The number of halogens is 1. The van der Waals surface area contributed by atoms with Gasteiger partial charge in [0, 0.05) is 36.6 Å². The van der Waals surface area contributed by atoms with Gasteiger partial charge in [0.05, 0.1) is 24.3 Å². The summed E-state index contributed by atoms with van der Waals surface area (Å²) in [5.41, 5.74) is 3.53. The van der Waals surface area contributed by atoms with Crippen molar-refractivity contribution in [3.05, 3.63) is 63.0 Å². The highest BCUT2D eigenvalue weighted by molar-refractivity contribution is 6.30. The highest BCUT2D eigenvalue weighted by Gasteiger charge is 2.24. The van der Waals surface area contributed by atoms with E-state index >= 15 is 0 Å². The molecule has 0 saturated carbocycles. The lowest BCUT2D eigenvalue weighted by Gasteiger charge is -2.31. The maximum atomic E-state index is 13.0. The Hall–Kier alpha value is -2.38. The molecule has 0 spiro atoms. The van der Waals surface area contributed by atoms with Crippen molar-refractivity contribution in [1.82, 2.24) is 9.80 Å². The van der Waals surface area contributed by atoms with Crippen molar-refractivity contribution >= 4 is 22.6 Å². The molecule has 5 rings (SSSR count). The van der Waals surface area contributed by atoms with Gasteiger partial charge >= 0.3 is 5.63 Å². The minimum Gasteiger partial charge on any atom is -0.478 e. The minimum absolute atomic E-state index is 0.338. The molecule has 0 N–H and O–H groups in total. The molecule has 0 amide bonds. The summed E-state index contributed by atoms with van der Waals surface area (Å²) >= 11 is 6.02. The summed E-state index contributed by atoms with van der Waals surface area (Å²) in [4.78, 5) is 17.7. The van der Waals surface area contributed by atoms with E-state index in [2.05, 4.69) is 9.80 Å². The van der Waals surface area contributed by atoms with Gasteiger partial charge in [-0.1, -0.05) is 23.7 Å². The Morgan fingerprint density at radius 2 is 1.75 bits per heavy atom. The summed E-state index contributed by atoms with van der Waals surface area (Å²) < 4.78 is 17.3. The first-order valence-corrected chi connectivity index (χ1v) is 11.5. The van der Waals surface area contributed by atoms with Gasteiger partial charge in [0.15, 0.2) is 0 Å². The molecular formula is C25H27ClN2O4. The van der Waals surface area contributed by atoms with Crippen LogP contribution in [0.25, 0.3) is 22.1 Å². The molecule has 32 heavy (non-hydrogen) atoms. The van der Waals surface area contributed by atoms with E-state index in [9.17, 15) is 4.79 Å². The lowest BCUT2D eigenvalue weighted by molar-refractivity contribution is 0.0330. The van der Waals surface area contributed by atoms with Gasteiger partial charge in [-0.05, 0) is 55.3 Å². The van der Waals surface area contributed by atoms with E-state index in [1.165, 1.54) is 0 Å². The van der Waals surface area contributed by atoms with Gasteiger partial charge in [-0.25, -0.2) is 4.79 Å². The van der Waals surface area contributed by atoms with Crippen LogP contribution >= 0.6 is 11.6 Å². The van der Waals surface area contributed by atoms with E-state index in [4.69, 9.17) is 25.5 Å². The molecule has 0 bridgehead atoms. The number of fused-ring (bicyclic) bond motifs is 3. The van der Waals surface area contributed by atoms with Crippen LogP contribution in [0, 0.1) is 6.92 Å². The molecule has 0 aliphatic carbocycles. The summed E-state index contributed by atoms with van der Waals surface area (Å²) in [5, 5.41) is 1.57. The van der Waals surface area contributed by atoms with Crippen molar-refractivity contribution in [2.75, 3.05) is 46.1 Å². The predicted octanol–water partition coefficient (Wildman–Crippen LogP) is 4.30. The average Bonchev–Trinajstić information content (AvgIpc) is 2.81. The maximum absolute atomic E-state index is 13.0. The fraction of sp³-hybridized carbons (Fsp3) is 0.400. The molecule has 0 radical (unpaired) electrons. The molecule has 2 aliphatic rings. The number of ether oxygens (including phenoxy) is 2. The lowest BCUT2D eigenvalue weighted by Crippen LogP contribution is -2.39. The second-order valence-corrected chi connectivity index (χ2v) is 8.89. The van der Waals surface area contributed by atoms with Gasteiger partial charge in [-0.2, -0.15) is 0 Å². The topological polar surface area (TPSA) is 55.2 Å². The van der Waals surface area contributed by atoms with E-state index < -0.39 is 0 Å². The zero-order valence-electron chi connectivity index (χ0n) is 18.2. The van der Waals surface area contributed by atoms with Crippen LogP contribution in [-0.2, 0) is 11.3 Å². The van der Waals surface area contributed by atoms with Crippen LogP contribution in [0.5, 0.6) is 5.75 Å². The molecule has 3 aromatic rings. The Kier molecular flexibility index (Phi) is 6.20. The molecule has 2 aromatic carbocycles. The first kappa shape index (κ1) is 21.5. The number of morpholine rings is 1. The predicted molar refractivity (Wildman–Crippen MR) is 125 cm³/mol. The van der Waals surface area contributed by atoms with Crippen LogP contribution in [0.15, 0.2) is 45.6 Å². The molecule has 7 heteroatoms. The van der Waals surface area contributed by atoms with Crippen LogP contribution in [-0.4, -0.2) is 55.9 Å². The van der Waals surface area contributed by atoms with Gasteiger partial charge in [-0.15, -0.1) is 0 Å². The fourth-order valence-electron chi connectivity index (χ4n) is 4.61. The van der Waals surface area contributed by atoms with E-state index in [0.29, 0.717) is 29.4 Å². The summed E-state index contributed by atoms with van der Waals surface area (Å²) in [6, 6.07) is 11.3. The SMILES string of the molecule is Cc1c(-c2ccc(Cl)cc2)c(=O)oc2c3c(ccc12)OCN(CCCN1CCOCC1)C3. The third-order valence-corrected chi connectivity index (χ3v) is 6.62. The number of nitrogens with zero attached hydrogens (tertiary/aromatic N) is 2. The number of benzene rings is 2. The second-order valence-electron chi connectivity index (χ2n) is 8.45. The molecule has 1 aromatic heterocycles. The van der Waals surface area contributed by atoms with Crippen molar-refractivity contribution in [3.8, 4) is 16.9 Å². The molecular weight excluding hydrogens is 428 g/mol. The molecule has 0 unspecified atom stereocenters. The highest BCUT2D eigenvalue weighted by Crippen LogP contribution is 2.35. The van der Waals surface area contributed by atoms with Crippen molar-refractivity contribution < 1.29 is 13.9 Å². The average molecular weight is 455 g/mol. The van der Waals surface area contributed by atoms with Gasteiger partial charge < -0.3 is 13.9 Å². The molecule has 6 nitrogen and oxygen atoms in total. The van der Waals surface area contributed by atoms with Crippen molar-refractivity contribution in [3.63, 3.8) is 0 Å². The summed E-state index contributed by atoms with van der Waals surface area (Å²) in [5.74, 6) is 0.795. The Morgan fingerprint density at radius 3 is 2.53 bits per heavy atom. The van der Waals surface area contributed by atoms with Gasteiger partial charge in [0.2, 0.25) is 0 Å². The molecule has 2 aliphatic heterocycles. The largest absolute Gasteiger partial charge is 0.478 e. The third-order valence-electron chi connectivity index (χ3n) is 6.37. The normalized spacial score (nSPS) is 17.3. The molecule has 168 valence electrons. The Labute approximate surface area is 192 Å². The number of rotatable bonds is 5. The number of hydrogen-bond acceptors (Lipinski definition) is 6. The number of hydrogen-bond donors (Lipinski definition) is 0. The second kappa shape index (κ2) is 9.24. The standard InChI is InChI=1S/C25H27ClN2O4/c1-17-20-7-8-22-21(15-28(16-31-22)10-2-9-27-11-13-30-14-12-27)24(20)32-25(29)23(17)18-3-5-19(26)6-4-18/h3-8H,2,9-16H2,1H3. The summed E-state index contributed by atoms with van der Waals surface area (Å²) in [7, 11) is 0. The van der Waals surface area contributed by atoms with E-state index in [1.54, 1.807) is 12.1 Å². The van der Waals surface area contributed by atoms with Crippen molar-refractivity contribution in [1.29, 1.82) is 0 Å². The van der Waals surface area contributed by atoms with E-state index in [0.717, 1.165) is 73.6 Å². The minimum atomic E-state index is -0.338. The molecule has 1 saturated heterocycles. The van der Waals surface area contributed by atoms with E-state index in [-0.39, 0.29) is 5.63 Å². The summed E-state index contributed by atoms with van der Waals surface area (Å²) in [6.45, 7) is 8.87. The molecule has 1 fully saturated rings. The zero-order valence-corrected chi connectivity index (χ0v) is 19.0. The first-order valence-electron chi connectivity index (χ1n) is 11.1. The van der Waals surface area contributed by atoms with Gasteiger partial charge in [0.1, 0.15) is 18.1 Å². The quantitative estimate of drug-likeness (QED) is 0.536. The van der Waals surface area contributed by atoms with Crippen LogP contribution in [0.3, 0.4) is 0 Å². The lowest BCUT2D eigenvalue weighted by atomic mass is 9.97. The Bertz CT molecular complexity index is 1170. The maximum Gasteiger partial charge on any atom is 0.344 e. The van der Waals surface area contributed by atoms with Crippen LogP contribution in [0.2, 0.25) is 5.02 Å². The Balaban J connectivity index is 1.39. The fourth-order valence-corrected chi connectivity index (χ4v) is 4.73. The van der Waals surface area contributed by atoms with Crippen LogP contribution in [0.4, 0.5) is 0 Å². The van der Waals surface area contributed by atoms with Crippen molar-refractivity contribution in [2.45, 2.75) is 19.9 Å². The molecule has 0 atom stereocenters. The van der Waals surface area contributed by atoms with Crippen molar-refractivity contribution in [2.24, 2.45) is 0 Å². The first-order chi connectivity index (χ1) is 15.6. The zero-order chi connectivity index (χ0) is 22.1. The summed E-state index contributed by atoms with van der Waals surface area (Å²) in [6.07, 6.45) is 1.06. The number of aryl methyl sites for hydroxylation is 1. The van der Waals surface area contributed by atoms with Gasteiger partial charge in [-0.3, -0.25) is 9.80 Å². The van der Waals surface area contributed by atoms with Crippen LogP contribution in [0.1, 0.15) is 17.5 Å². The highest BCUT2D eigenvalue weighted by atomic mass is 35.5.